The van der Waals surface area contributed by atoms with Crippen molar-refractivity contribution in [3.63, 3.8) is 0 Å². The number of piperazine rings is 1. The van der Waals surface area contributed by atoms with E-state index in [2.05, 4.69) is 33.3 Å². The zero-order valence-electron chi connectivity index (χ0n) is 18.5. The number of para-hydroxylation sites is 1. The molecule has 2 amide bonds. The number of nitrogens with one attached hydrogen (secondary N) is 1. The molecule has 8 heteroatoms. The van der Waals surface area contributed by atoms with E-state index in [-0.39, 0.29) is 17.4 Å². The minimum atomic E-state index is -0.132. The van der Waals surface area contributed by atoms with E-state index in [1.807, 2.05) is 6.07 Å². The second-order valence-corrected chi connectivity index (χ2v) is 10.1. The Morgan fingerprint density at radius 3 is 2.61 bits per heavy atom. The molecule has 3 heterocycles. The van der Waals surface area contributed by atoms with E-state index in [0.29, 0.717) is 48.3 Å². The van der Waals surface area contributed by atoms with Crippen molar-refractivity contribution in [3.8, 4) is 0 Å². The van der Waals surface area contributed by atoms with Gasteiger partial charge in [0.15, 0.2) is 0 Å². The highest BCUT2D eigenvalue weighted by Gasteiger charge is 2.45. The molecule has 0 bridgehead atoms. The molecular formula is C25H28Cl2N4O2. The first-order valence-electron chi connectivity index (χ1n) is 11.5. The number of carbonyl (C=O) groups is 2. The molecule has 0 radical (unpaired) electrons. The highest BCUT2D eigenvalue weighted by atomic mass is 35.5. The van der Waals surface area contributed by atoms with Crippen LogP contribution < -0.4 is 5.32 Å². The van der Waals surface area contributed by atoms with Crippen molar-refractivity contribution < 1.29 is 9.59 Å². The number of nitrogens with zero attached hydrogens (tertiary/aromatic N) is 3. The second-order valence-electron chi connectivity index (χ2n) is 9.25. The summed E-state index contributed by atoms with van der Waals surface area (Å²) >= 11 is 12.3. The molecule has 2 fully saturated rings. The van der Waals surface area contributed by atoms with Crippen molar-refractivity contribution >= 4 is 40.7 Å². The van der Waals surface area contributed by atoms with Gasteiger partial charge in [0.05, 0.1) is 22.7 Å². The van der Waals surface area contributed by atoms with Gasteiger partial charge in [-0.25, -0.2) is 0 Å². The van der Waals surface area contributed by atoms with Crippen LogP contribution in [0, 0.1) is 0 Å². The maximum absolute atomic E-state index is 13.4. The van der Waals surface area contributed by atoms with Gasteiger partial charge in [-0.2, -0.15) is 0 Å². The van der Waals surface area contributed by atoms with Crippen LogP contribution in [0.4, 0.5) is 5.69 Å². The first kappa shape index (κ1) is 22.5. The third-order valence-corrected chi connectivity index (χ3v) is 7.78. The number of anilines is 1. The highest BCUT2D eigenvalue weighted by molar-refractivity contribution is 6.35. The van der Waals surface area contributed by atoms with Crippen molar-refractivity contribution in [3.05, 3.63) is 63.6 Å². The minimum absolute atomic E-state index is 0.112. The zero-order valence-corrected chi connectivity index (χ0v) is 20.0. The average molecular weight is 487 g/mol. The summed E-state index contributed by atoms with van der Waals surface area (Å²) in [7, 11) is 0. The molecule has 2 aromatic carbocycles. The van der Waals surface area contributed by atoms with Crippen molar-refractivity contribution in [1.82, 2.24) is 14.7 Å². The molecule has 6 nitrogen and oxygen atoms in total. The fourth-order valence-electron chi connectivity index (χ4n) is 5.44. The van der Waals surface area contributed by atoms with E-state index in [9.17, 15) is 9.59 Å². The largest absolute Gasteiger partial charge is 0.382 e. The van der Waals surface area contributed by atoms with Crippen LogP contribution in [0.15, 0.2) is 42.5 Å². The smallest absolute Gasteiger partial charge is 0.255 e. The van der Waals surface area contributed by atoms with Crippen LogP contribution in [0.25, 0.3) is 0 Å². The number of fused-ring (bicyclic) bond motifs is 1. The van der Waals surface area contributed by atoms with E-state index in [1.54, 1.807) is 23.1 Å². The lowest BCUT2D eigenvalue weighted by Gasteiger charge is -2.44. The fraction of sp³-hybridized carbons (Fsp3) is 0.440. The summed E-state index contributed by atoms with van der Waals surface area (Å²) in [6.07, 6.45) is 2.98. The second kappa shape index (κ2) is 9.16. The van der Waals surface area contributed by atoms with Gasteiger partial charge >= 0.3 is 0 Å². The Kier molecular flexibility index (Phi) is 6.25. The van der Waals surface area contributed by atoms with Gasteiger partial charge < -0.3 is 15.1 Å². The van der Waals surface area contributed by atoms with Gasteiger partial charge in [0.1, 0.15) is 0 Å². The van der Waals surface area contributed by atoms with E-state index in [0.717, 1.165) is 32.4 Å². The van der Waals surface area contributed by atoms with Crippen LogP contribution in [0.1, 0.15) is 28.8 Å². The van der Waals surface area contributed by atoms with E-state index >= 15 is 0 Å². The summed E-state index contributed by atoms with van der Waals surface area (Å²) in [5.74, 6) is 0.0743. The molecule has 0 aromatic heterocycles. The van der Waals surface area contributed by atoms with Crippen LogP contribution in [0.2, 0.25) is 10.0 Å². The number of rotatable bonds is 3. The lowest BCUT2D eigenvalue weighted by atomic mass is 9.84. The molecule has 5 rings (SSSR count). The fourth-order valence-corrected chi connectivity index (χ4v) is 5.81. The predicted octanol–water partition coefficient (Wildman–Crippen LogP) is 3.78. The van der Waals surface area contributed by atoms with Gasteiger partial charge in [-0.3, -0.25) is 14.5 Å². The molecular weight excluding hydrogens is 459 g/mol. The first-order chi connectivity index (χ1) is 15.9. The van der Waals surface area contributed by atoms with E-state index in [1.165, 1.54) is 11.3 Å². The lowest BCUT2D eigenvalue weighted by molar-refractivity contribution is -0.136. The van der Waals surface area contributed by atoms with E-state index in [4.69, 9.17) is 23.2 Å². The lowest BCUT2D eigenvalue weighted by Crippen LogP contribution is -2.58. The number of benzene rings is 2. The highest BCUT2D eigenvalue weighted by Crippen LogP contribution is 2.38. The third-order valence-electron chi connectivity index (χ3n) is 7.22. The number of hydrogen-bond donors (Lipinski definition) is 1. The van der Waals surface area contributed by atoms with Gasteiger partial charge in [0.25, 0.3) is 5.91 Å². The molecule has 1 unspecified atom stereocenters. The summed E-state index contributed by atoms with van der Waals surface area (Å²) in [5, 5.41) is 4.45. The quantitative estimate of drug-likeness (QED) is 0.716. The average Bonchev–Trinajstić information content (AvgIpc) is 3.23. The molecule has 1 N–H and O–H groups in total. The molecule has 1 atom stereocenters. The van der Waals surface area contributed by atoms with Gasteiger partial charge in [0, 0.05) is 50.0 Å². The number of likely N-dealkylation sites (tertiary alicyclic amines) is 1. The molecule has 174 valence electrons. The molecule has 1 spiro atoms. The van der Waals surface area contributed by atoms with Gasteiger partial charge in [-0.1, -0.05) is 41.4 Å². The summed E-state index contributed by atoms with van der Waals surface area (Å²) in [6.45, 7) is 4.47. The van der Waals surface area contributed by atoms with Crippen LogP contribution in [0.3, 0.4) is 0 Å². The zero-order chi connectivity index (χ0) is 23.0. The Balaban J connectivity index is 1.19. The normalized spacial score (nSPS) is 22.8. The Labute approximate surface area is 204 Å². The number of hydrogen-bond acceptors (Lipinski definition) is 4. The van der Waals surface area contributed by atoms with Crippen LogP contribution in [-0.4, -0.2) is 77.9 Å². The predicted molar refractivity (Wildman–Crippen MR) is 131 cm³/mol. The first-order valence-corrected chi connectivity index (χ1v) is 12.3. The van der Waals surface area contributed by atoms with E-state index < -0.39 is 0 Å². The van der Waals surface area contributed by atoms with Crippen molar-refractivity contribution in [2.75, 3.05) is 51.1 Å². The minimum Gasteiger partial charge on any atom is -0.382 e. The summed E-state index contributed by atoms with van der Waals surface area (Å²) in [5.41, 5.74) is 2.77. The molecule has 0 saturated carbocycles. The molecule has 3 aliphatic heterocycles. The number of halogens is 2. The van der Waals surface area contributed by atoms with Crippen LogP contribution >= 0.6 is 23.2 Å². The monoisotopic (exact) mass is 486 g/mol. The van der Waals surface area contributed by atoms with Crippen molar-refractivity contribution in [2.24, 2.45) is 0 Å². The molecule has 2 saturated heterocycles. The number of amides is 2. The number of carbonyl (C=O) groups excluding carboxylic acids is 2. The summed E-state index contributed by atoms with van der Waals surface area (Å²) in [6, 6.07) is 13.3. The van der Waals surface area contributed by atoms with Gasteiger partial charge in [-0.15, -0.1) is 0 Å². The molecule has 2 aromatic rings. The SMILES string of the molecule is O=C(c1cc(Cl)ccc1Cl)N1CCN(CC(=O)N2CCCC23CNc2ccccc2C3)CC1. The molecule has 3 aliphatic rings. The maximum atomic E-state index is 13.4. The standard InChI is InChI=1S/C25H28Cl2N4O2/c26-19-6-7-21(27)20(14-19)24(33)30-12-10-29(11-13-30)16-23(32)31-9-3-8-25(31)15-18-4-1-2-5-22(18)28-17-25/h1-2,4-7,14,28H,3,8-13,15-17H2. The maximum Gasteiger partial charge on any atom is 0.255 e. The summed E-state index contributed by atoms with van der Waals surface area (Å²) < 4.78 is 0. The van der Waals surface area contributed by atoms with Crippen molar-refractivity contribution in [2.45, 2.75) is 24.8 Å². The summed E-state index contributed by atoms with van der Waals surface area (Å²) in [4.78, 5) is 32.3. The third kappa shape index (κ3) is 4.44. The Morgan fingerprint density at radius 2 is 1.79 bits per heavy atom. The topological polar surface area (TPSA) is 55.9 Å². The van der Waals surface area contributed by atoms with Gasteiger partial charge in [0.2, 0.25) is 5.91 Å². The molecule has 33 heavy (non-hydrogen) atoms. The van der Waals surface area contributed by atoms with Crippen LogP contribution in [-0.2, 0) is 11.2 Å². The Morgan fingerprint density at radius 1 is 1.00 bits per heavy atom. The van der Waals surface area contributed by atoms with Gasteiger partial charge in [-0.05, 0) is 49.1 Å². The Bertz CT molecular complexity index is 1070. The molecule has 0 aliphatic carbocycles. The van der Waals surface area contributed by atoms with Crippen molar-refractivity contribution in [1.29, 1.82) is 0 Å². The van der Waals surface area contributed by atoms with Crippen LogP contribution in [0.5, 0.6) is 0 Å². The Hall–Kier alpha value is -2.28.